The molecule has 2 aromatic carbocycles. The van der Waals surface area contributed by atoms with Gasteiger partial charge in [0.1, 0.15) is 5.75 Å². The lowest BCUT2D eigenvalue weighted by molar-refractivity contribution is 0.104. The first-order valence-electron chi connectivity index (χ1n) is 7.89. The van der Waals surface area contributed by atoms with Crippen molar-refractivity contribution in [3.63, 3.8) is 0 Å². The van der Waals surface area contributed by atoms with Crippen molar-refractivity contribution in [1.29, 1.82) is 0 Å². The number of fused-ring (bicyclic) bond motifs is 1. The standard InChI is InChI=1S/C19H19NO4S/c1-20(2)25(22,23)17-5-3-4-15(13-17)18(21)8-6-14-7-9-19-16(12-14)10-11-24-19/h3-9,12-13H,10-11H2,1-2H3. The first-order valence-corrected chi connectivity index (χ1v) is 9.33. The zero-order valence-corrected chi connectivity index (χ0v) is 14.9. The number of carbonyl (C=O) groups is 1. The zero-order valence-electron chi connectivity index (χ0n) is 14.1. The number of hydrogen-bond acceptors (Lipinski definition) is 4. The summed E-state index contributed by atoms with van der Waals surface area (Å²) in [6.07, 6.45) is 4.06. The largest absolute Gasteiger partial charge is 0.493 e. The van der Waals surface area contributed by atoms with E-state index in [1.54, 1.807) is 18.2 Å². The van der Waals surface area contributed by atoms with Gasteiger partial charge in [-0.05, 0) is 41.5 Å². The Morgan fingerprint density at radius 1 is 1.16 bits per heavy atom. The summed E-state index contributed by atoms with van der Waals surface area (Å²) in [4.78, 5) is 12.5. The van der Waals surface area contributed by atoms with Crippen molar-refractivity contribution >= 4 is 21.9 Å². The zero-order chi connectivity index (χ0) is 18.0. The van der Waals surface area contributed by atoms with Crippen LogP contribution in [0.15, 0.2) is 53.4 Å². The Bertz CT molecular complexity index is 946. The molecule has 2 aromatic rings. The van der Waals surface area contributed by atoms with Gasteiger partial charge in [-0.3, -0.25) is 4.79 Å². The summed E-state index contributed by atoms with van der Waals surface area (Å²) in [7, 11) is -0.644. The smallest absolute Gasteiger partial charge is 0.242 e. The molecule has 5 nitrogen and oxygen atoms in total. The van der Waals surface area contributed by atoms with Crippen LogP contribution >= 0.6 is 0 Å². The predicted octanol–water partition coefficient (Wildman–Crippen LogP) is 2.77. The predicted molar refractivity (Wildman–Crippen MR) is 96.3 cm³/mol. The summed E-state index contributed by atoms with van der Waals surface area (Å²) in [5, 5.41) is 0. The number of rotatable bonds is 5. The highest BCUT2D eigenvalue weighted by molar-refractivity contribution is 7.89. The van der Waals surface area contributed by atoms with Crippen LogP contribution in [0.3, 0.4) is 0 Å². The van der Waals surface area contributed by atoms with Gasteiger partial charge in [0.25, 0.3) is 0 Å². The Hall–Kier alpha value is -2.44. The van der Waals surface area contributed by atoms with Crippen LogP contribution in [0.1, 0.15) is 21.5 Å². The second-order valence-corrected chi connectivity index (χ2v) is 8.13. The van der Waals surface area contributed by atoms with Crippen molar-refractivity contribution < 1.29 is 17.9 Å². The molecule has 25 heavy (non-hydrogen) atoms. The maximum absolute atomic E-state index is 12.4. The Morgan fingerprint density at radius 2 is 1.96 bits per heavy atom. The van der Waals surface area contributed by atoms with Crippen LogP contribution < -0.4 is 4.74 Å². The third-order valence-corrected chi connectivity index (χ3v) is 5.85. The molecule has 3 rings (SSSR count). The number of sulfonamides is 1. The average Bonchev–Trinajstić information content (AvgIpc) is 3.07. The minimum atomic E-state index is -3.56. The maximum atomic E-state index is 12.4. The number of hydrogen-bond donors (Lipinski definition) is 0. The van der Waals surface area contributed by atoms with Crippen molar-refractivity contribution in [2.75, 3.05) is 20.7 Å². The minimum absolute atomic E-state index is 0.103. The van der Waals surface area contributed by atoms with E-state index in [-0.39, 0.29) is 10.7 Å². The van der Waals surface area contributed by atoms with Gasteiger partial charge in [0.15, 0.2) is 5.78 Å². The molecule has 1 heterocycles. The monoisotopic (exact) mass is 357 g/mol. The molecule has 0 atom stereocenters. The average molecular weight is 357 g/mol. The second kappa shape index (κ2) is 6.82. The van der Waals surface area contributed by atoms with Crippen LogP contribution in [0.25, 0.3) is 6.08 Å². The lowest BCUT2D eigenvalue weighted by Crippen LogP contribution is -2.22. The Morgan fingerprint density at radius 3 is 2.72 bits per heavy atom. The molecule has 0 unspecified atom stereocenters. The van der Waals surface area contributed by atoms with E-state index in [2.05, 4.69) is 0 Å². The summed E-state index contributed by atoms with van der Waals surface area (Å²) in [6.45, 7) is 0.689. The van der Waals surface area contributed by atoms with Crippen molar-refractivity contribution in [2.24, 2.45) is 0 Å². The van der Waals surface area contributed by atoms with E-state index >= 15 is 0 Å². The van der Waals surface area contributed by atoms with E-state index in [1.807, 2.05) is 18.2 Å². The van der Waals surface area contributed by atoms with E-state index in [9.17, 15) is 13.2 Å². The highest BCUT2D eigenvalue weighted by Crippen LogP contribution is 2.26. The second-order valence-electron chi connectivity index (χ2n) is 5.98. The summed E-state index contributed by atoms with van der Waals surface area (Å²) in [5.74, 6) is 0.651. The Labute approximate surface area is 147 Å². The van der Waals surface area contributed by atoms with Crippen molar-refractivity contribution in [3.8, 4) is 5.75 Å². The lowest BCUT2D eigenvalue weighted by atomic mass is 10.1. The summed E-state index contributed by atoms with van der Waals surface area (Å²) in [6, 6.07) is 11.9. The molecule has 0 fully saturated rings. The first kappa shape index (κ1) is 17.4. The van der Waals surface area contributed by atoms with E-state index in [0.717, 1.165) is 27.6 Å². The molecule has 0 aromatic heterocycles. The number of benzene rings is 2. The molecule has 0 saturated carbocycles. The minimum Gasteiger partial charge on any atom is -0.493 e. The van der Waals surface area contributed by atoms with Gasteiger partial charge >= 0.3 is 0 Å². The molecule has 130 valence electrons. The molecular formula is C19H19NO4S. The topological polar surface area (TPSA) is 63.7 Å². The van der Waals surface area contributed by atoms with E-state index < -0.39 is 10.0 Å². The molecule has 0 amide bonds. The van der Waals surface area contributed by atoms with Gasteiger partial charge in [-0.1, -0.05) is 24.3 Å². The van der Waals surface area contributed by atoms with Crippen LogP contribution in [0.2, 0.25) is 0 Å². The maximum Gasteiger partial charge on any atom is 0.242 e. The molecular weight excluding hydrogens is 338 g/mol. The normalized spacial score (nSPS) is 13.9. The molecule has 0 spiro atoms. The fourth-order valence-electron chi connectivity index (χ4n) is 2.60. The molecule has 6 heteroatoms. The van der Waals surface area contributed by atoms with Gasteiger partial charge in [-0.2, -0.15) is 0 Å². The number of carbonyl (C=O) groups excluding carboxylic acids is 1. The summed E-state index contributed by atoms with van der Waals surface area (Å²) < 4.78 is 30.9. The van der Waals surface area contributed by atoms with Gasteiger partial charge in [0.2, 0.25) is 10.0 Å². The van der Waals surface area contributed by atoms with Crippen LogP contribution in [0.4, 0.5) is 0 Å². The number of ketones is 1. The molecule has 0 N–H and O–H groups in total. The highest BCUT2D eigenvalue weighted by Gasteiger charge is 2.18. The molecule has 0 bridgehead atoms. The van der Waals surface area contributed by atoms with Crippen LogP contribution in [-0.2, 0) is 16.4 Å². The fraction of sp³-hybridized carbons (Fsp3) is 0.211. The molecule has 0 radical (unpaired) electrons. The van der Waals surface area contributed by atoms with Crippen molar-refractivity contribution in [1.82, 2.24) is 4.31 Å². The Balaban J connectivity index is 1.82. The first-order chi connectivity index (χ1) is 11.9. The van der Waals surface area contributed by atoms with Crippen LogP contribution in [-0.4, -0.2) is 39.2 Å². The van der Waals surface area contributed by atoms with Crippen molar-refractivity contribution in [2.45, 2.75) is 11.3 Å². The molecule has 1 aliphatic heterocycles. The van der Waals surface area contributed by atoms with Crippen LogP contribution in [0.5, 0.6) is 5.75 Å². The van der Waals surface area contributed by atoms with Gasteiger partial charge in [0, 0.05) is 26.1 Å². The van der Waals surface area contributed by atoms with E-state index in [4.69, 9.17) is 4.74 Å². The Kier molecular flexibility index (Phi) is 4.74. The molecule has 0 aliphatic carbocycles. The van der Waals surface area contributed by atoms with Gasteiger partial charge in [0.05, 0.1) is 11.5 Å². The third kappa shape index (κ3) is 3.65. The summed E-state index contributed by atoms with van der Waals surface area (Å²) in [5.41, 5.74) is 2.38. The third-order valence-electron chi connectivity index (χ3n) is 4.04. The SMILES string of the molecule is CN(C)S(=O)(=O)c1cccc(C(=O)C=Cc2ccc3c(c2)CCO3)c1. The van der Waals surface area contributed by atoms with Crippen LogP contribution in [0, 0.1) is 0 Å². The molecule has 0 saturated heterocycles. The quantitative estimate of drug-likeness (QED) is 0.610. The number of nitrogens with zero attached hydrogens (tertiary/aromatic N) is 1. The highest BCUT2D eigenvalue weighted by atomic mass is 32.2. The molecule has 1 aliphatic rings. The van der Waals surface area contributed by atoms with Gasteiger partial charge in [-0.25, -0.2) is 12.7 Å². The lowest BCUT2D eigenvalue weighted by Gasteiger charge is -2.11. The van der Waals surface area contributed by atoms with E-state index in [1.165, 1.54) is 32.3 Å². The van der Waals surface area contributed by atoms with E-state index in [0.29, 0.717) is 12.2 Å². The van der Waals surface area contributed by atoms with Gasteiger partial charge in [-0.15, -0.1) is 0 Å². The van der Waals surface area contributed by atoms with Crippen molar-refractivity contribution in [3.05, 3.63) is 65.2 Å². The number of ether oxygens (including phenoxy) is 1. The van der Waals surface area contributed by atoms with Gasteiger partial charge < -0.3 is 4.74 Å². The fourth-order valence-corrected chi connectivity index (χ4v) is 3.55. The summed E-state index contributed by atoms with van der Waals surface area (Å²) >= 11 is 0. The number of allylic oxidation sites excluding steroid dienone is 1.